The molecule has 114 valence electrons. The molecule has 0 saturated carbocycles. The summed E-state index contributed by atoms with van der Waals surface area (Å²) in [5.41, 5.74) is -0.492. The van der Waals surface area contributed by atoms with Gasteiger partial charge in [0.15, 0.2) is 11.5 Å². The minimum Gasteiger partial charge on any atom is -0.351 e. The van der Waals surface area contributed by atoms with Gasteiger partial charge in [-0.1, -0.05) is 0 Å². The zero-order chi connectivity index (χ0) is 15.0. The van der Waals surface area contributed by atoms with E-state index in [0.29, 0.717) is 11.3 Å². The predicted molar refractivity (Wildman–Crippen MR) is 72.3 cm³/mol. The maximum atomic E-state index is 12.8. The van der Waals surface area contributed by atoms with Crippen LogP contribution in [0.3, 0.4) is 0 Å². The number of nitrogens with zero attached hydrogens (tertiary/aromatic N) is 4. The van der Waals surface area contributed by atoms with E-state index in [4.69, 9.17) is 0 Å². The van der Waals surface area contributed by atoms with Crippen molar-refractivity contribution in [1.82, 2.24) is 19.9 Å². The number of nitrogens with one attached hydrogen (secondary N) is 1. The molecule has 1 atom stereocenters. The lowest BCUT2D eigenvalue weighted by Gasteiger charge is -2.25. The highest BCUT2D eigenvalue weighted by Crippen LogP contribution is 2.32. The van der Waals surface area contributed by atoms with Gasteiger partial charge in [-0.2, -0.15) is 18.3 Å². The number of anilines is 1. The quantitative estimate of drug-likeness (QED) is 0.941. The van der Waals surface area contributed by atoms with E-state index in [1.807, 2.05) is 7.05 Å². The molecule has 2 aromatic heterocycles. The zero-order valence-electron chi connectivity index (χ0n) is 11.6. The van der Waals surface area contributed by atoms with Crippen molar-refractivity contribution < 1.29 is 13.2 Å². The number of alkyl halides is 3. The Morgan fingerprint density at radius 2 is 2.24 bits per heavy atom. The van der Waals surface area contributed by atoms with Crippen LogP contribution in [-0.2, 0) is 6.18 Å². The highest BCUT2D eigenvalue weighted by atomic mass is 19.4. The van der Waals surface area contributed by atoms with Gasteiger partial charge in [0.2, 0.25) is 0 Å². The summed E-state index contributed by atoms with van der Waals surface area (Å²) in [6.45, 7) is 1.58. The van der Waals surface area contributed by atoms with Crippen molar-refractivity contribution in [2.75, 3.05) is 25.0 Å². The fourth-order valence-electron chi connectivity index (χ4n) is 2.83. The molecule has 0 spiro atoms. The van der Waals surface area contributed by atoms with Crippen LogP contribution in [0.25, 0.3) is 5.52 Å². The van der Waals surface area contributed by atoms with Crippen LogP contribution in [0.4, 0.5) is 19.0 Å². The van der Waals surface area contributed by atoms with Crippen LogP contribution in [0.5, 0.6) is 0 Å². The molecule has 0 amide bonds. The summed E-state index contributed by atoms with van der Waals surface area (Å²) in [7, 11) is 1.87. The topological polar surface area (TPSA) is 45.5 Å². The number of halogens is 3. The van der Waals surface area contributed by atoms with E-state index in [9.17, 15) is 13.2 Å². The van der Waals surface area contributed by atoms with Gasteiger partial charge in [-0.15, -0.1) is 0 Å². The van der Waals surface area contributed by atoms with Crippen molar-refractivity contribution in [3.8, 4) is 0 Å². The van der Waals surface area contributed by atoms with Crippen LogP contribution < -0.4 is 10.2 Å². The Morgan fingerprint density at radius 3 is 2.95 bits per heavy atom. The number of hydrogen-bond acceptors (Lipinski definition) is 4. The molecule has 3 heterocycles. The van der Waals surface area contributed by atoms with Gasteiger partial charge in [0.1, 0.15) is 5.52 Å². The SMILES string of the molecule is CNCC1CCCN1c1nccn2nc(C(F)(F)F)cc12. The molecule has 2 aromatic rings. The maximum absolute atomic E-state index is 12.8. The minimum absolute atomic E-state index is 0.248. The molecule has 0 radical (unpaired) electrons. The molecule has 0 aliphatic carbocycles. The lowest BCUT2D eigenvalue weighted by molar-refractivity contribution is -0.141. The third kappa shape index (κ3) is 2.55. The van der Waals surface area contributed by atoms with Gasteiger partial charge in [-0.05, 0) is 19.9 Å². The summed E-state index contributed by atoms with van der Waals surface area (Å²) < 4.78 is 39.7. The van der Waals surface area contributed by atoms with E-state index in [1.54, 1.807) is 0 Å². The standard InChI is InChI=1S/C13H16F3N5/c1-17-8-9-3-2-5-20(9)12-10-7-11(13(14,15)16)19-21(10)6-4-18-12/h4,6-7,9,17H,2-3,5,8H2,1H3. The van der Waals surface area contributed by atoms with Gasteiger partial charge in [-0.3, -0.25) is 0 Å². The summed E-state index contributed by atoms with van der Waals surface area (Å²) in [4.78, 5) is 6.35. The Bertz CT molecular complexity index is 636. The molecule has 1 unspecified atom stereocenters. The van der Waals surface area contributed by atoms with Gasteiger partial charge in [-0.25, -0.2) is 9.50 Å². The van der Waals surface area contributed by atoms with Crippen LogP contribution in [0.2, 0.25) is 0 Å². The first-order valence-corrected chi connectivity index (χ1v) is 6.83. The van der Waals surface area contributed by atoms with E-state index >= 15 is 0 Å². The van der Waals surface area contributed by atoms with Crippen molar-refractivity contribution in [2.24, 2.45) is 0 Å². The largest absolute Gasteiger partial charge is 0.435 e. The number of rotatable bonds is 3. The average Bonchev–Trinajstić information content (AvgIpc) is 3.03. The molecule has 3 rings (SSSR count). The van der Waals surface area contributed by atoms with Gasteiger partial charge < -0.3 is 10.2 Å². The van der Waals surface area contributed by atoms with E-state index in [0.717, 1.165) is 32.0 Å². The third-order valence-electron chi connectivity index (χ3n) is 3.75. The Morgan fingerprint density at radius 1 is 1.43 bits per heavy atom. The number of aromatic nitrogens is 3. The molecule has 8 heteroatoms. The van der Waals surface area contributed by atoms with Gasteiger partial charge in [0.05, 0.1) is 0 Å². The van der Waals surface area contributed by atoms with Crippen molar-refractivity contribution in [3.05, 3.63) is 24.2 Å². The van der Waals surface area contributed by atoms with Crippen molar-refractivity contribution >= 4 is 11.3 Å². The Hall–Kier alpha value is -1.83. The monoisotopic (exact) mass is 299 g/mol. The molecular formula is C13H16F3N5. The zero-order valence-corrected chi connectivity index (χ0v) is 11.6. The number of fused-ring (bicyclic) bond motifs is 1. The van der Waals surface area contributed by atoms with Gasteiger partial charge in [0.25, 0.3) is 0 Å². The van der Waals surface area contributed by atoms with Crippen LogP contribution in [0, 0.1) is 0 Å². The van der Waals surface area contributed by atoms with Gasteiger partial charge >= 0.3 is 6.18 Å². The molecule has 1 aliphatic rings. The molecule has 5 nitrogen and oxygen atoms in total. The van der Waals surface area contributed by atoms with E-state index < -0.39 is 11.9 Å². The van der Waals surface area contributed by atoms with Crippen LogP contribution in [0.15, 0.2) is 18.5 Å². The normalized spacial score (nSPS) is 19.6. The summed E-state index contributed by atoms with van der Waals surface area (Å²) in [5, 5.41) is 6.71. The first kappa shape index (κ1) is 14.1. The van der Waals surface area contributed by atoms with Crippen LogP contribution >= 0.6 is 0 Å². The maximum Gasteiger partial charge on any atom is 0.435 e. The summed E-state index contributed by atoms with van der Waals surface area (Å²) in [6, 6.07) is 1.31. The van der Waals surface area contributed by atoms with E-state index in [1.165, 1.54) is 16.9 Å². The smallest absolute Gasteiger partial charge is 0.351 e. The summed E-state index contributed by atoms with van der Waals surface area (Å²) in [6.07, 6.45) is 0.499. The molecular weight excluding hydrogens is 283 g/mol. The molecule has 1 N–H and O–H groups in total. The highest BCUT2D eigenvalue weighted by Gasteiger charge is 2.35. The molecule has 21 heavy (non-hydrogen) atoms. The van der Waals surface area contributed by atoms with E-state index in [2.05, 4.69) is 20.3 Å². The summed E-state index contributed by atoms with van der Waals surface area (Å²) in [5.74, 6) is 0.568. The fourth-order valence-corrected chi connectivity index (χ4v) is 2.83. The Balaban J connectivity index is 2.04. The van der Waals surface area contributed by atoms with Crippen molar-refractivity contribution in [3.63, 3.8) is 0 Å². The number of likely N-dealkylation sites (N-methyl/N-ethyl adjacent to an activating group) is 1. The van der Waals surface area contributed by atoms with Crippen LogP contribution in [0.1, 0.15) is 18.5 Å². The minimum atomic E-state index is -4.45. The molecule has 0 aromatic carbocycles. The molecule has 1 fully saturated rings. The molecule has 1 aliphatic heterocycles. The van der Waals surface area contributed by atoms with Crippen molar-refractivity contribution in [1.29, 1.82) is 0 Å². The van der Waals surface area contributed by atoms with Crippen LogP contribution in [-0.4, -0.2) is 40.8 Å². The fraction of sp³-hybridized carbons (Fsp3) is 0.538. The van der Waals surface area contributed by atoms with Crippen molar-refractivity contribution in [2.45, 2.75) is 25.1 Å². The predicted octanol–water partition coefficient (Wildman–Crippen LogP) is 1.94. The molecule has 0 bridgehead atoms. The lowest BCUT2D eigenvalue weighted by Crippen LogP contribution is -2.37. The Labute approximate surface area is 119 Å². The molecule has 1 saturated heterocycles. The number of hydrogen-bond donors (Lipinski definition) is 1. The average molecular weight is 299 g/mol. The second-order valence-electron chi connectivity index (χ2n) is 5.16. The highest BCUT2D eigenvalue weighted by molar-refractivity contribution is 5.70. The second kappa shape index (κ2) is 5.18. The Kier molecular flexibility index (Phi) is 3.48. The first-order valence-electron chi connectivity index (χ1n) is 6.83. The second-order valence-corrected chi connectivity index (χ2v) is 5.16. The first-order chi connectivity index (χ1) is 10.0. The lowest BCUT2D eigenvalue weighted by atomic mass is 10.2. The van der Waals surface area contributed by atoms with Gasteiger partial charge in [0, 0.05) is 37.6 Å². The van der Waals surface area contributed by atoms with E-state index in [-0.39, 0.29) is 6.04 Å². The summed E-state index contributed by atoms with van der Waals surface area (Å²) >= 11 is 0. The third-order valence-corrected chi connectivity index (χ3v) is 3.75.